The fraction of sp³-hybridized carbons (Fsp3) is 0.200. The van der Waals surface area contributed by atoms with Crippen molar-refractivity contribution in [1.29, 1.82) is 0 Å². The third-order valence-electron chi connectivity index (χ3n) is 5.13. The highest BCUT2D eigenvalue weighted by Gasteiger charge is 2.42. The first-order chi connectivity index (χ1) is 12.7. The first kappa shape index (κ1) is 15.0. The van der Waals surface area contributed by atoms with Gasteiger partial charge in [0.25, 0.3) is 0 Å². The van der Waals surface area contributed by atoms with Crippen LogP contribution in [0.25, 0.3) is 10.9 Å². The molecule has 0 radical (unpaired) electrons. The van der Waals surface area contributed by atoms with Gasteiger partial charge in [0.1, 0.15) is 0 Å². The maximum atomic E-state index is 12.6. The van der Waals surface area contributed by atoms with E-state index in [0.29, 0.717) is 6.54 Å². The van der Waals surface area contributed by atoms with Crippen molar-refractivity contribution in [3.05, 3.63) is 71.9 Å². The number of hydrazine groups is 1. The van der Waals surface area contributed by atoms with Crippen LogP contribution in [0.1, 0.15) is 23.6 Å². The van der Waals surface area contributed by atoms with Gasteiger partial charge in [-0.05, 0) is 29.5 Å². The van der Waals surface area contributed by atoms with Crippen LogP contribution in [0.15, 0.2) is 65.9 Å². The summed E-state index contributed by atoms with van der Waals surface area (Å²) in [5.74, 6) is 0.801. The molecule has 0 aliphatic carbocycles. The molecule has 130 valence electrons. The molecule has 1 atom stereocenters. The molecule has 0 bridgehead atoms. The molecule has 1 unspecified atom stereocenters. The molecule has 6 heteroatoms. The quantitative estimate of drug-likeness (QED) is 0.772. The number of aromatic amines is 1. The maximum Gasteiger partial charge on any atom is 0.359 e. The van der Waals surface area contributed by atoms with E-state index in [1.54, 1.807) is 12.1 Å². The molecule has 2 aromatic carbocycles. The fourth-order valence-electron chi connectivity index (χ4n) is 3.85. The van der Waals surface area contributed by atoms with E-state index in [4.69, 9.17) is 0 Å². The van der Waals surface area contributed by atoms with E-state index in [2.05, 4.69) is 45.4 Å². The summed E-state index contributed by atoms with van der Waals surface area (Å²) in [6.07, 6.45) is 2.81. The average Bonchev–Trinajstić information content (AvgIpc) is 3.32. The highest BCUT2D eigenvalue weighted by Crippen LogP contribution is 2.36. The molecular weight excluding hydrogens is 326 g/mol. The highest BCUT2D eigenvalue weighted by atomic mass is 16.2. The van der Waals surface area contributed by atoms with Gasteiger partial charge in [-0.25, -0.2) is 14.8 Å². The summed E-state index contributed by atoms with van der Waals surface area (Å²) in [6, 6.07) is 18.6. The molecule has 1 saturated heterocycles. The van der Waals surface area contributed by atoms with Crippen LogP contribution in [0.5, 0.6) is 0 Å². The molecule has 26 heavy (non-hydrogen) atoms. The normalized spacial score (nSPS) is 19.9. The third kappa shape index (κ3) is 2.19. The minimum Gasteiger partial charge on any atom is -0.361 e. The Hall–Kier alpha value is -3.28. The van der Waals surface area contributed by atoms with Gasteiger partial charge >= 0.3 is 6.03 Å². The Bertz CT molecular complexity index is 1010. The lowest BCUT2D eigenvalue weighted by atomic mass is 10.0. The van der Waals surface area contributed by atoms with E-state index >= 15 is 0 Å². The monoisotopic (exact) mass is 345 g/mol. The second kappa shape index (κ2) is 5.62. The lowest BCUT2D eigenvalue weighted by molar-refractivity contribution is 0.0644. The van der Waals surface area contributed by atoms with E-state index < -0.39 is 0 Å². The van der Waals surface area contributed by atoms with E-state index in [-0.39, 0.29) is 12.1 Å². The Balaban J connectivity index is 1.63. The number of amides is 2. The van der Waals surface area contributed by atoms with Gasteiger partial charge in [-0.15, -0.1) is 5.10 Å². The molecule has 5 rings (SSSR count). The molecule has 2 aliphatic rings. The smallest absolute Gasteiger partial charge is 0.359 e. The highest BCUT2D eigenvalue weighted by molar-refractivity contribution is 6.04. The van der Waals surface area contributed by atoms with Crippen molar-refractivity contribution in [3.8, 4) is 0 Å². The maximum absolute atomic E-state index is 12.6. The van der Waals surface area contributed by atoms with Gasteiger partial charge in [-0.3, -0.25) is 5.01 Å². The summed E-state index contributed by atoms with van der Waals surface area (Å²) in [6.45, 7) is 0.687. The Morgan fingerprint density at radius 1 is 1.12 bits per heavy atom. The fourth-order valence-corrected chi connectivity index (χ4v) is 3.85. The SMILES string of the molecule is CN1N=C(c2ccc3cc[nH]c3c2)N2C(c3ccccc3)CCN2C1=O. The van der Waals surface area contributed by atoms with Crippen molar-refractivity contribution in [2.75, 3.05) is 13.6 Å². The largest absolute Gasteiger partial charge is 0.361 e. The number of rotatable bonds is 2. The van der Waals surface area contributed by atoms with E-state index in [1.807, 2.05) is 30.5 Å². The average molecular weight is 345 g/mol. The number of urea groups is 1. The van der Waals surface area contributed by atoms with Crippen molar-refractivity contribution in [2.45, 2.75) is 12.5 Å². The zero-order valence-corrected chi connectivity index (χ0v) is 14.5. The van der Waals surface area contributed by atoms with Gasteiger partial charge in [0.2, 0.25) is 0 Å². The predicted octanol–water partition coefficient (Wildman–Crippen LogP) is 3.56. The summed E-state index contributed by atoms with van der Waals surface area (Å²) >= 11 is 0. The van der Waals surface area contributed by atoms with Crippen molar-refractivity contribution in [2.24, 2.45) is 5.10 Å². The van der Waals surface area contributed by atoms with Crippen LogP contribution >= 0.6 is 0 Å². The second-order valence-corrected chi connectivity index (χ2v) is 6.69. The Morgan fingerprint density at radius 2 is 1.96 bits per heavy atom. The summed E-state index contributed by atoms with van der Waals surface area (Å²) in [5.41, 5.74) is 3.25. The summed E-state index contributed by atoms with van der Waals surface area (Å²) in [4.78, 5) is 15.9. The van der Waals surface area contributed by atoms with Gasteiger partial charge in [-0.2, -0.15) is 0 Å². The second-order valence-electron chi connectivity index (χ2n) is 6.69. The number of carbonyl (C=O) groups excluding carboxylic acids is 1. The zero-order valence-electron chi connectivity index (χ0n) is 14.5. The lowest BCUT2D eigenvalue weighted by Gasteiger charge is -2.39. The van der Waals surface area contributed by atoms with Crippen molar-refractivity contribution < 1.29 is 4.79 Å². The Labute approximate surface area is 151 Å². The number of fused-ring (bicyclic) bond motifs is 2. The number of hydrogen-bond acceptors (Lipinski definition) is 3. The summed E-state index contributed by atoms with van der Waals surface area (Å²) in [5, 5.41) is 11.1. The van der Waals surface area contributed by atoms with Gasteiger partial charge in [-0.1, -0.05) is 42.5 Å². The van der Waals surface area contributed by atoms with E-state index in [1.165, 1.54) is 10.6 Å². The number of H-pyrrole nitrogens is 1. The van der Waals surface area contributed by atoms with Crippen LogP contribution in [0.2, 0.25) is 0 Å². The van der Waals surface area contributed by atoms with Gasteiger partial charge in [0.15, 0.2) is 5.84 Å². The summed E-state index contributed by atoms with van der Waals surface area (Å²) in [7, 11) is 1.71. The molecule has 2 aliphatic heterocycles. The summed E-state index contributed by atoms with van der Waals surface area (Å²) < 4.78 is 0. The molecule has 1 aromatic heterocycles. The first-order valence-electron chi connectivity index (χ1n) is 8.78. The number of benzene rings is 2. The molecule has 3 heterocycles. The standard InChI is InChI=1S/C20H19N5O/c1-23-20(26)24-12-10-18(15-5-3-2-4-6-15)25(24)19(22-23)16-8-7-14-9-11-21-17(14)13-16/h2-9,11,13,18,21H,10,12H2,1H3. The Kier molecular flexibility index (Phi) is 3.25. The van der Waals surface area contributed by atoms with Crippen LogP contribution < -0.4 is 0 Å². The zero-order chi connectivity index (χ0) is 17.7. The van der Waals surface area contributed by atoms with Gasteiger partial charge < -0.3 is 4.98 Å². The van der Waals surface area contributed by atoms with Crippen LogP contribution in [-0.2, 0) is 0 Å². The number of carbonyl (C=O) groups is 1. The van der Waals surface area contributed by atoms with Crippen molar-refractivity contribution in [1.82, 2.24) is 20.0 Å². The van der Waals surface area contributed by atoms with Crippen LogP contribution in [0.4, 0.5) is 4.79 Å². The molecule has 0 spiro atoms. The number of nitrogens with one attached hydrogen (secondary N) is 1. The van der Waals surface area contributed by atoms with Gasteiger partial charge in [0.05, 0.1) is 6.04 Å². The van der Waals surface area contributed by atoms with Crippen LogP contribution in [-0.4, -0.2) is 45.5 Å². The first-order valence-corrected chi connectivity index (χ1v) is 8.78. The molecule has 2 amide bonds. The minimum atomic E-state index is -0.0897. The molecule has 1 fully saturated rings. The van der Waals surface area contributed by atoms with E-state index in [9.17, 15) is 4.79 Å². The van der Waals surface area contributed by atoms with E-state index in [0.717, 1.165) is 28.7 Å². The molecular formula is C20H19N5O. The van der Waals surface area contributed by atoms with Crippen LogP contribution in [0.3, 0.4) is 0 Å². The molecule has 0 saturated carbocycles. The third-order valence-corrected chi connectivity index (χ3v) is 5.13. The number of amidine groups is 1. The lowest BCUT2D eigenvalue weighted by Crippen LogP contribution is -2.54. The molecule has 3 aromatic rings. The number of hydrogen-bond donors (Lipinski definition) is 1. The van der Waals surface area contributed by atoms with Crippen LogP contribution in [0, 0.1) is 0 Å². The van der Waals surface area contributed by atoms with Gasteiger partial charge in [0, 0.05) is 30.9 Å². The van der Waals surface area contributed by atoms with Crippen molar-refractivity contribution in [3.63, 3.8) is 0 Å². The number of nitrogens with zero attached hydrogens (tertiary/aromatic N) is 4. The Morgan fingerprint density at radius 3 is 2.81 bits per heavy atom. The number of aromatic nitrogens is 1. The predicted molar refractivity (Wildman–Crippen MR) is 100 cm³/mol. The number of hydrazone groups is 1. The topological polar surface area (TPSA) is 54.9 Å². The van der Waals surface area contributed by atoms with Crippen molar-refractivity contribution >= 4 is 22.8 Å². The molecule has 6 nitrogen and oxygen atoms in total. The minimum absolute atomic E-state index is 0.0897. The molecule has 1 N–H and O–H groups in total.